The maximum absolute atomic E-state index is 12.1. The third kappa shape index (κ3) is 5.28. The van der Waals surface area contributed by atoms with E-state index in [1.54, 1.807) is 4.68 Å². The van der Waals surface area contributed by atoms with Gasteiger partial charge >= 0.3 is 5.97 Å². The Kier molecular flexibility index (Phi) is 6.52. The number of benzene rings is 1. The molecule has 11 nitrogen and oxygen atoms in total. The standard InChI is InChI=1S/C29H35N9O2/c1-28(2,3)25(39)40-18-38-16-24(35-36-38)29(4)9-10-37(17-29)27-32-15-23(34-27)21-13-30-26(31-14-21)33-22-11-19-7-5-6-8-20(19)12-22/h5-8,13-16,22H,9-12,17-18H2,1-4H3,(H,32,34)(H,30,31,33). The van der Waals surface area contributed by atoms with Gasteiger partial charge in [0.15, 0.2) is 6.73 Å². The van der Waals surface area contributed by atoms with E-state index in [1.165, 1.54) is 11.1 Å². The molecule has 0 radical (unpaired) electrons. The molecule has 40 heavy (non-hydrogen) atoms. The predicted octanol–water partition coefficient (Wildman–Crippen LogP) is 3.75. The second-order valence-corrected chi connectivity index (χ2v) is 12.1. The van der Waals surface area contributed by atoms with E-state index in [2.05, 4.69) is 71.7 Å². The summed E-state index contributed by atoms with van der Waals surface area (Å²) < 4.78 is 6.94. The molecule has 1 aliphatic heterocycles. The van der Waals surface area contributed by atoms with E-state index in [9.17, 15) is 4.79 Å². The monoisotopic (exact) mass is 541 g/mol. The van der Waals surface area contributed by atoms with Gasteiger partial charge in [-0.3, -0.25) is 4.79 Å². The van der Waals surface area contributed by atoms with Crippen molar-refractivity contribution in [1.29, 1.82) is 0 Å². The summed E-state index contributed by atoms with van der Waals surface area (Å²) in [6.07, 6.45) is 10.2. The Morgan fingerprint density at radius 3 is 2.55 bits per heavy atom. The number of H-pyrrole nitrogens is 1. The second-order valence-electron chi connectivity index (χ2n) is 12.1. The molecule has 4 aromatic rings. The Balaban J connectivity index is 1.06. The van der Waals surface area contributed by atoms with Crippen molar-refractivity contribution in [1.82, 2.24) is 34.9 Å². The highest BCUT2D eigenvalue weighted by molar-refractivity contribution is 5.75. The highest BCUT2D eigenvalue weighted by atomic mass is 16.5. The van der Waals surface area contributed by atoms with E-state index in [0.29, 0.717) is 12.0 Å². The van der Waals surface area contributed by atoms with Crippen molar-refractivity contribution in [2.75, 3.05) is 23.3 Å². The Morgan fingerprint density at radius 1 is 1.12 bits per heavy atom. The van der Waals surface area contributed by atoms with E-state index in [-0.39, 0.29) is 18.1 Å². The summed E-state index contributed by atoms with van der Waals surface area (Å²) >= 11 is 0. The summed E-state index contributed by atoms with van der Waals surface area (Å²) in [5, 5.41) is 12.0. The summed E-state index contributed by atoms with van der Waals surface area (Å²) in [5.74, 6) is 1.17. The molecule has 2 aliphatic rings. The minimum atomic E-state index is -0.559. The number of aromatic amines is 1. The molecule has 0 spiro atoms. The van der Waals surface area contributed by atoms with Gasteiger partial charge in [0.2, 0.25) is 11.9 Å². The van der Waals surface area contributed by atoms with Gasteiger partial charge in [0.25, 0.3) is 0 Å². The fourth-order valence-electron chi connectivity index (χ4n) is 5.33. The van der Waals surface area contributed by atoms with E-state index in [0.717, 1.165) is 55.3 Å². The average Bonchev–Trinajstić information content (AvgIpc) is 3.73. The fourth-order valence-corrected chi connectivity index (χ4v) is 5.33. The number of hydrogen-bond donors (Lipinski definition) is 2. The number of esters is 1. The third-order valence-electron chi connectivity index (χ3n) is 7.78. The topological polar surface area (TPSA) is 127 Å². The number of aromatic nitrogens is 7. The fraction of sp³-hybridized carbons (Fsp3) is 0.448. The second kappa shape index (κ2) is 10.0. The largest absolute Gasteiger partial charge is 0.442 e. The van der Waals surface area contributed by atoms with Crippen LogP contribution in [0.2, 0.25) is 0 Å². The molecule has 6 rings (SSSR count). The summed E-state index contributed by atoms with van der Waals surface area (Å²) in [7, 11) is 0. The molecule has 1 saturated heterocycles. The van der Waals surface area contributed by atoms with Crippen LogP contribution >= 0.6 is 0 Å². The van der Waals surface area contributed by atoms with Crippen LogP contribution in [0.4, 0.5) is 11.9 Å². The van der Waals surface area contributed by atoms with E-state index in [4.69, 9.17) is 4.74 Å². The maximum atomic E-state index is 12.1. The zero-order valence-corrected chi connectivity index (χ0v) is 23.4. The van der Waals surface area contributed by atoms with Crippen LogP contribution < -0.4 is 10.2 Å². The average molecular weight is 542 g/mol. The molecule has 0 bridgehead atoms. The first-order chi connectivity index (χ1) is 19.2. The normalized spacial score (nSPS) is 19.1. The molecule has 4 heterocycles. The Labute approximate surface area is 233 Å². The summed E-state index contributed by atoms with van der Waals surface area (Å²) in [5.41, 5.74) is 4.66. The summed E-state index contributed by atoms with van der Waals surface area (Å²) in [6.45, 7) is 9.27. The van der Waals surface area contributed by atoms with Crippen LogP contribution in [-0.4, -0.2) is 60.0 Å². The molecular formula is C29H35N9O2. The van der Waals surface area contributed by atoms with Gasteiger partial charge in [0, 0.05) is 42.5 Å². The van der Waals surface area contributed by atoms with Crippen molar-refractivity contribution in [3.63, 3.8) is 0 Å². The molecule has 1 atom stereocenters. The van der Waals surface area contributed by atoms with Gasteiger partial charge < -0.3 is 19.9 Å². The number of carbonyl (C=O) groups is 1. The van der Waals surface area contributed by atoms with Crippen LogP contribution in [0.3, 0.4) is 0 Å². The Bertz CT molecular complexity index is 1480. The molecule has 1 aromatic carbocycles. The number of imidazole rings is 1. The zero-order valence-electron chi connectivity index (χ0n) is 23.4. The summed E-state index contributed by atoms with van der Waals surface area (Å²) in [6, 6.07) is 8.88. The van der Waals surface area contributed by atoms with Crippen molar-refractivity contribution in [3.8, 4) is 11.3 Å². The lowest BCUT2D eigenvalue weighted by molar-refractivity contribution is -0.157. The molecule has 2 N–H and O–H groups in total. The van der Waals surface area contributed by atoms with Gasteiger partial charge in [-0.05, 0) is 51.2 Å². The Hall–Kier alpha value is -4.28. The Morgan fingerprint density at radius 2 is 1.85 bits per heavy atom. The predicted molar refractivity (Wildman–Crippen MR) is 151 cm³/mol. The van der Waals surface area contributed by atoms with E-state index < -0.39 is 5.41 Å². The number of nitrogens with zero attached hydrogens (tertiary/aromatic N) is 7. The molecule has 3 aromatic heterocycles. The van der Waals surface area contributed by atoms with Crippen molar-refractivity contribution in [2.24, 2.45) is 5.41 Å². The number of carbonyl (C=O) groups excluding carboxylic acids is 1. The van der Waals surface area contributed by atoms with Crippen LogP contribution in [0, 0.1) is 5.41 Å². The molecule has 11 heteroatoms. The molecular weight excluding hydrogens is 506 g/mol. The number of hydrogen-bond acceptors (Lipinski definition) is 9. The third-order valence-corrected chi connectivity index (χ3v) is 7.78. The highest BCUT2D eigenvalue weighted by Gasteiger charge is 2.39. The first-order valence-corrected chi connectivity index (χ1v) is 13.7. The first-order valence-electron chi connectivity index (χ1n) is 13.7. The number of nitrogens with one attached hydrogen (secondary N) is 2. The number of ether oxygens (including phenoxy) is 1. The van der Waals surface area contributed by atoms with Crippen molar-refractivity contribution >= 4 is 17.9 Å². The molecule has 1 aliphatic carbocycles. The zero-order chi connectivity index (χ0) is 27.9. The van der Waals surface area contributed by atoms with Crippen molar-refractivity contribution in [3.05, 3.63) is 65.9 Å². The van der Waals surface area contributed by atoms with Crippen LogP contribution in [0.1, 0.15) is 50.9 Å². The van der Waals surface area contributed by atoms with E-state index >= 15 is 0 Å². The molecule has 0 saturated carbocycles. The SMILES string of the molecule is CC(C)(C)C(=O)OCn1cc(C2(C)CCN(c3ncc(-c4cnc(NC5Cc6ccccc6C5)nc4)[nH]3)C2)nn1. The van der Waals surface area contributed by atoms with Crippen LogP contribution in [0.15, 0.2) is 49.1 Å². The number of fused-ring (bicyclic) bond motifs is 1. The molecule has 208 valence electrons. The van der Waals surface area contributed by atoms with E-state index in [1.807, 2.05) is 45.6 Å². The number of anilines is 2. The number of rotatable bonds is 7. The smallest absolute Gasteiger partial charge is 0.313 e. The van der Waals surface area contributed by atoms with Crippen LogP contribution in [0.25, 0.3) is 11.3 Å². The lowest BCUT2D eigenvalue weighted by Crippen LogP contribution is -2.29. The molecule has 1 fully saturated rings. The van der Waals surface area contributed by atoms with Gasteiger partial charge in [-0.25, -0.2) is 19.6 Å². The summed E-state index contributed by atoms with van der Waals surface area (Å²) in [4.78, 5) is 31.5. The lowest BCUT2D eigenvalue weighted by Gasteiger charge is -2.21. The minimum Gasteiger partial charge on any atom is -0.442 e. The van der Waals surface area contributed by atoms with Gasteiger partial charge in [-0.1, -0.05) is 36.4 Å². The van der Waals surface area contributed by atoms with Gasteiger partial charge in [-0.15, -0.1) is 5.10 Å². The maximum Gasteiger partial charge on any atom is 0.313 e. The first kappa shape index (κ1) is 26.0. The van der Waals surface area contributed by atoms with Gasteiger partial charge in [-0.2, -0.15) is 0 Å². The molecule has 1 unspecified atom stereocenters. The molecule has 0 amide bonds. The highest BCUT2D eigenvalue weighted by Crippen LogP contribution is 2.35. The van der Waals surface area contributed by atoms with Crippen LogP contribution in [0.5, 0.6) is 0 Å². The van der Waals surface area contributed by atoms with Gasteiger partial charge in [0.05, 0.1) is 29.2 Å². The quantitative estimate of drug-likeness (QED) is 0.336. The van der Waals surface area contributed by atoms with Crippen LogP contribution in [-0.2, 0) is 34.5 Å². The van der Waals surface area contributed by atoms with Crippen molar-refractivity contribution in [2.45, 2.75) is 65.1 Å². The minimum absolute atomic E-state index is 0.0507. The van der Waals surface area contributed by atoms with Crippen molar-refractivity contribution < 1.29 is 9.53 Å². The van der Waals surface area contributed by atoms with Gasteiger partial charge in [0.1, 0.15) is 0 Å². The lowest BCUT2D eigenvalue weighted by atomic mass is 9.86.